The van der Waals surface area contributed by atoms with Crippen molar-refractivity contribution in [2.75, 3.05) is 106 Å². The van der Waals surface area contributed by atoms with E-state index in [9.17, 15) is 24.0 Å². The fraction of sp³-hybridized carbons (Fsp3) is 0.864. The Labute approximate surface area is 349 Å². The van der Waals surface area contributed by atoms with Crippen molar-refractivity contribution in [1.82, 2.24) is 0 Å². The molecule has 1 atom stereocenters. The molecule has 336 valence electrons. The minimum absolute atomic E-state index is 0.00477. The van der Waals surface area contributed by atoms with Crippen LogP contribution in [0.2, 0.25) is 0 Å². The van der Waals surface area contributed by atoms with Crippen molar-refractivity contribution in [3.63, 3.8) is 0 Å². The minimum Gasteiger partial charge on any atom is -0.379 e. The van der Waals surface area contributed by atoms with Crippen LogP contribution >= 0.6 is 0 Å². The zero-order valence-electron chi connectivity index (χ0n) is 36.6. The predicted octanol–water partition coefficient (Wildman–Crippen LogP) is 6.42. The van der Waals surface area contributed by atoms with E-state index >= 15 is 0 Å². The zero-order valence-corrected chi connectivity index (χ0v) is 36.6. The molecule has 14 nitrogen and oxygen atoms in total. The molecular formula is C44H77NO13. The van der Waals surface area contributed by atoms with Crippen molar-refractivity contribution in [3.8, 4) is 0 Å². The van der Waals surface area contributed by atoms with Crippen LogP contribution in [-0.4, -0.2) is 140 Å². The molecule has 0 saturated carbocycles. The first-order chi connectivity index (χ1) is 27.9. The lowest BCUT2D eigenvalue weighted by atomic mass is 9.83. The maximum absolute atomic E-state index is 12.3. The number of carbonyl (C=O) groups excluding carboxylic acids is 5. The first-order valence-electron chi connectivity index (χ1n) is 21.5. The van der Waals surface area contributed by atoms with Crippen molar-refractivity contribution in [3.05, 3.63) is 11.4 Å². The first-order valence-corrected chi connectivity index (χ1v) is 21.5. The van der Waals surface area contributed by atoms with Gasteiger partial charge in [0.2, 0.25) is 5.78 Å². The molecule has 58 heavy (non-hydrogen) atoms. The van der Waals surface area contributed by atoms with Gasteiger partial charge in [0.15, 0.2) is 23.1 Å². The average molecular weight is 828 g/mol. The van der Waals surface area contributed by atoms with Crippen molar-refractivity contribution in [1.29, 1.82) is 0 Å². The number of nitrogens with zero attached hydrogens (tertiary/aromatic N) is 1. The second-order valence-corrected chi connectivity index (χ2v) is 15.4. The largest absolute Gasteiger partial charge is 0.379 e. The van der Waals surface area contributed by atoms with Gasteiger partial charge in [0.05, 0.1) is 52.9 Å². The Kier molecular flexibility index (Phi) is 37.1. The zero-order chi connectivity index (χ0) is 43.1. The van der Waals surface area contributed by atoms with E-state index in [-0.39, 0.29) is 74.5 Å². The second kappa shape index (κ2) is 38.7. The van der Waals surface area contributed by atoms with Crippen molar-refractivity contribution < 1.29 is 61.9 Å². The first kappa shape index (κ1) is 55.5. The summed E-state index contributed by atoms with van der Waals surface area (Å²) in [6.07, 6.45) is 9.84. The molecule has 0 fully saturated rings. The molecule has 0 N–H and O–H groups in total. The minimum atomic E-state index is -0.986. The van der Waals surface area contributed by atoms with Crippen LogP contribution < -0.4 is 0 Å². The van der Waals surface area contributed by atoms with Crippen molar-refractivity contribution in [2.45, 2.75) is 130 Å². The third-order valence-corrected chi connectivity index (χ3v) is 9.37. The van der Waals surface area contributed by atoms with Crippen LogP contribution in [0.25, 0.3) is 4.85 Å². The molecule has 0 aromatic heterocycles. The van der Waals surface area contributed by atoms with Crippen LogP contribution in [0.15, 0.2) is 0 Å². The smallest absolute Gasteiger partial charge is 0.289 e. The van der Waals surface area contributed by atoms with E-state index in [0.29, 0.717) is 124 Å². The summed E-state index contributed by atoms with van der Waals surface area (Å²) in [7, 11) is 0. The van der Waals surface area contributed by atoms with E-state index in [0.717, 1.165) is 18.8 Å². The van der Waals surface area contributed by atoms with Crippen molar-refractivity contribution >= 4 is 28.9 Å². The maximum Gasteiger partial charge on any atom is 0.289 e. The maximum atomic E-state index is 12.3. The van der Waals surface area contributed by atoms with Gasteiger partial charge >= 0.3 is 0 Å². The number of carbonyl (C=O) groups is 5. The van der Waals surface area contributed by atoms with Crippen LogP contribution in [-0.2, 0) is 61.9 Å². The van der Waals surface area contributed by atoms with E-state index in [1.54, 1.807) is 6.92 Å². The number of Topliss-reactive ketones (excluding diaryl/α,β-unsaturated/α-hetero) is 5. The lowest BCUT2D eigenvalue weighted by Crippen LogP contribution is -2.37. The molecule has 0 aliphatic rings. The number of unbranched alkanes of at least 4 members (excludes halogenated alkanes) is 3. The van der Waals surface area contributed by atoms with Crippen LogP contribution in [0.4, 0.5) is 0 Å². The normalized spacial score (nSPS) is 12.5. The quantitative estimate of drug-likeness (QED) is 0.0489. The highest BCUT2D eigenvalue weighted by molar-refractivity contribution is 5.90. The van der Waals surface area contributed by atoms with Crippen LogP contribution in [0.5, 0.6) is 0 Å². The highest BCUT2D eigenvalue weighted by Gasteiger charge is 2.42. The summed E-state index contributed by atoms with van der Waals surface area (Å²) in [5.74, 6) is 0.705. The average Bonchev–Trinajstić information content (AvgIpc) is 3.19. The van der Waals surface area contributed by atoms with E-state index < -0.39 is 5.54 Å². The molecule has 0 aromatic carbocycles. The fourth-order valence-electron chi connectivity index (χ4n) is 5.36. The molecule has 14 heteroatoms. The Morgan fingerprint density at radius 3 is 1.07 bits per heavy atom. The topological polar surface area (TPSA) is 164 Å². The van der Waals surface area contributed by atoms with Gasteiger partial charge in [-0.3, -0.25) is 24.0 Å². The van der Waals surface area contributed by atoms with Gasteiger partial charge in [-0.1, -0.05) is 53.4 Å². The Balaban J connectivity index is 3.45. The van der Waals surface area contributed by atoms with Gasteiger partial charge in [-0.05, 0) is 38.0 Å². The molecule has 0 saturated heterocycles. The second-order valence-electron chi connectivity index (χ2n) is 15.4. The van der Waals surface area contributed by atoms with Gasteiger partial charge < -0.3 is 42.7 Å². The summed E-state index contributed by atoms with van der Waals surface area (Å²) in [6, 6.07) is 0. The lowest BCUT2D eigenvalue weighted by molar-refractivity contribution is -0.126. The molecule has 0 aliphatic heterocycles. The predicted molar refractivity (Wildman–Crippen MR) is 221 cm³/mol. The van der Waals surface area contributed by atoms with E-state index in [2.05, 4.69) is 18.7 Å². The molecule has 0 amide bonds. The molecule has 0 aliphatic carbocycles. The highest BCUT2D eigenvalue weighted by atomic mass is 16.5. The molecule has 0 radical (unpaired) electrons. The summed E-state index contributed by atoms with van der Waals surface area (Å²) < 4.78 is 43.4. The summed E-state index contributed by atoms with van der Waals surface area (Å²) in [5.41, 5.74) is -0.986. The van der Waals surface area contributed by atoms with E-state index in [1.165, 1.54) is 19.3 Å². The summed E-state index contributed by atoms with van der Waals surface area (Å²) in [4.78, 5) is 63.7. The monoisotopic (exact) mass is 828 g/mol. The molecule has 0 spiro atoms. The molecule has 0 heterocycles. The van der Waals surface area contributed by atoms with Crippen LogP contribution in [0, 0.1) is 18.4 Å². The SMILES string of the molecule is [C-]#[N+]C(C)(C(=O)CCCOCCOCC(=O)CCCOCCOCC(=O)CCCOCCOCC(=O)CCCOCCOCC(=O)CCCCCCC(C)C)C(C)C. The van der Waals surface area contributed by atoms with Gasteiger partial charge in [-0.2, -0.15) is 0 Å². The van der Waals surface area contributed by atoms with E-state index in [4.69, 9.17) is 44.5 Å². The number of rotatable bonds is 45. The standard InChI is InChI=1S/C44H77NO13/c1-37(2)15-9-7-8-10-16-39(46)33-55-29-25-51-21-11-17-40(47)34-56-30-26-52-22-12-18-41(48)35-57-31-27-53-23-13-19-42(49)36-58-32-28-54-24-14-20-43(50)44(5,45-6)38(3)4/h37-38H,7-36H2,1-5H3. The molecule has 0 aromatic rings. The Morgan fingerprint density at radius 1 is 0.431 bits per heavy atom. The van der Waals surface area contributed by atoms with Crippen LogP contribution in [0.1, 0.15) is 125 Å². The van der Waals surface area contributed by atoms with Gasteiger partial charge in [-0.25, -0.2) is 6.57 Å². The number of ketones is 5. The Hall–Kier alpha value is -2.48. The number of hydrogen-bond acceptors (Lipinski definition) is 13. The molecular weight excluding hydrogens is 750 g/mol. The summed E-state index contributed by atoms with van der Waals surface area (Å²) >= 11 is 0. The Bertz CT molecular complexity index is 1120. The molecule has 0 bridgehead atoms. The Morgan fingerprint density at radius 2 is 0.741 bits per heavy atom. The lowest BCUT2D eigenvalue weighted by Gasteiger charge is -2.19. The highest BCUT2D eigenvalue weighted by Crippen LogP contribution is 2.24. The molecule has 0 rings (SSSR count). The van der Waals surface area contributed by atoms with E-state index in [1.807, 2.05) is 13.8 Å². The van der Waals surface area contributed by atoms with Gasteiger partial charge in [0.25, 0.3) is 5.54 Å². The third kappa shape index (κ3) is 34.4. The van der Waals surface area contributed by atoms with Gasteiger partial charge in [-0.15, -0.1) is 0 Å². The summed E-state index contributed by atoms with van der Waals surface area (Å²) in [5, 5.41) is 0. The summed E-state index contributed by atoms with van der Waals surface area (Å²) in [6.45, 7) is 21.6. The fourth-order valence-corrected chi connectivity index (χ4v) is 5.36. The molecule has 1 unspecified atom stereocenters. The van der Waals surface area contributed by atoms with Crippen molar-refractivity contribution in [2.24, 2.45) is 11.8 Å². The van der Waals surface area contributed by atoms with Gasteiger partial charge in [0.1, 0.15) is 26.4 Å². The van der Waals surface area contributed by atoms with Gasteiger partial charge in [0, 0.05) is 71.4 Å². The number of hydrogen-bond donors (Lipinski definition) is 0. The third-order valence-electron chi connectivity index (χ3n) is 9.37. The van der Waals surface area contributed by atoms with Crippen LogP contribution in [0.3, 0.4) is 0 Å². The number of ether oxygens (including phenoxy) is 8.